The molecule has 22 heavy (non-hydrogen) atoms. The summed E-state index contributed by atoms with van der Waals surface area (Å²) < 4.78 is 45.9. The molecule has 1 saturated heterocycles. The Hall–Kier alpha value is -2.00. The highest BCUT2D eigenvalue weighted by Gasteiger charge is 2.37. The maximum atomic E-state index is 13.6. The second-order valence-corrected chi connectivity index (χ2v) is 7.07. The maximum absolute atomic E-state index is 13.6. The quantitative estimate of drug-likeness (QED) is 0.880. The molecule has 0 amide bonds. The van der Waals surface area contributed by atoms with E-state index in [1.807, 2.05) is 0 Å². The van der Waals surface area contributed by atoms with E-state index in [0.29, 0.717) is 11.8 Å². The maximum Gasteiger partial charge on any atom is 0.237 e. The molecule has 0 spiro atoms. The van der Waals surface area contributed by atoms with Crippen LogP contribution >= 0.6 is 0 Å². The Morgan fingerprint density at radius 2 is 2.14 bits per heavy atom. The fourth-order valence-corrected chi connectivity index (χ4v) is 3.76. The van der Waals surface area contributed by atoms with Crippen molar-refractivity contribution in [3.63, 3.8) is 0 Å². The van der Waals surface area contributed by atoms with Crippen molar-refractivity contribution in [2.75, 3.05) is 11.3 Å². The number of rotatable bonds is 4. The average Bonchev–Trinajstić information content (AvgIpc) is 3.10. The number of sulfonamides is 1. The molecule has 1 fully saturated rings. The van der Waals surface area contributed by atoms with Gasteiger partial charge in [0.2, 0.25) is 21.8 Å². The molecular weight excluding hydrogens is 311 g/mol. The van der Waals surface area contributed by atoms with E-state index in [4.69, 9.17) is 4.42 Å². The normalized spacial score (nSPS) is 21.9. The molecule has 2 unspecified atom stereocenters. The van der Waals surface area contributed by atoms with Gasteiger partial charge in [-0.1, -0.05) is 12.1 Å². The van der Waals surface area contributed by atoms with Gasteiger partial charge in [-0.15, -0.1) is 10.2 Å². The Bertz CT molecular complexity index is 777. The number of aryl methyl sites for hydroxylation is 1. The van der Waals surface area contributed by atoms with Gasteiger partial charge in [0.15, 0.2) is 0 Å². The molecule has 0 radical (unpaired) electrons. The van der Waals surface area contributed by atoms with Crippen molar-refractivity contribution in [2.45, 2.75) is 24.6 Å². The SMILES string of the molecule is Cc1nnc(C2CC(S(=O)(=O)Nc3ccccc3F)CN2)o1. The number of hydrogen-bond donors (Lipinski definition) is 2. The van der Waals surface area contributed by atoms with Gasteiger partial charge in [-0.25, -0.2) is 12.8 Å². The highest BCUT2D eigenvalue weighted by atomic mass is 32.2. The van der Waals surface area contributed by atoms with Crippen LogP contribution < -0.4 is 10.0 Å². The topological polar surface area (TPSA) is 97.1 Å². The van der Waals surface area contributed by atoms with Crippen molar-refractivity contribution < 1.29 is 17.2 Å². The van der Waals surface area contributed by atoms with Gasteiger partial charge >= 0.3 is 0 Å². The monoisotopic (exact) mass is 326 g/mol. The van der Waals surface area contributed by atoms with Crippen LogP contribution in [0.15, 0.2) is 28.7 Å². The van der Waals surface area contributed by atoms with Gasteiger partial charge in [0, 0.05) is 13.5 Å². The summed E-state index contributed by atoms with van der Waals surface area (Å²) in [6.07, 6.45) is 0.283. The zero-order chi connectivity index (χ0) is 15.7. The summed E-state index contributed by atoms with van der Waals surface area (Å²) in [7, 11) is -3.71. The van der Waals surface area contributed by atoms with E-state index < -0.39 is 21.1 Å². The first-order valence-corrected chi connectivity index (χ1v) is 8.30. The fourth-order valence-electron chi connectivity index (χ4n) is 2.36. The number of anilines is 1. The molecule has 0 saturated carbocycles. The Labute approximate surface area is 127 Å². The molecule has 3 rings (SSSR count). The molecule has 7 nitrogen and oxygen atoms in total. The Kier molecular flexibility index (Phi) is 3.83. The summed E-state index contributed by atoms with van der Waals surface area (Å²) in [5.41, 5.74) is -0.0559. The Balaban J connectivity index is 1.73. The summed E-state index contributed by atoms with van der Waals surface area (Å²) in [5, 5.41) is 9.94. The van der Waals surface area contributed by atoms with Crippen LogP contribution in [0.3, 0.4) is 0 Å². The lowest BCUT2D eigenvalue weighted by molar-refractivity contribution is 0.413. The average molecular weight is 326 g/mol. The molecule has 2 atom stereocenters. The van der Waals surface area contributed by atoms with Crippen LogP contribution in [0.5, 0.6) is 0 Å². The van der Waals surface area contributed by atoms with Crippen molar-refractivity contribution in [2.24, 2.45) is 0 Å². The standard InChI is InChI=1S/C13H15FN4O3S/c1-8-16-17-13(21-8)12-6-9(7-15-12)22(19,20)18-11-5-3-2-4-10(11)14/h2-5,9,12,15,18H,6-7H2,1H3. The van der Waals surface area contributed by atoms with Crippen LogP contribution in [0, 0.1) is 12.7 Å². The number of hydrogen-bond acceptors (Lipinski definition) is 6. The third kappa shape index (κ3) is 2.95. The molecule has 2 heterocycles. The van der Waals surface area contributed by atoms with Gasteiger partial charge in [0.05, 0.1) is 17.0 Å². The van der Waals surface area contributed by atoms with Crippen LogP contribution in [0.25, 0.3) is 0 Å². The predicted octanol–water partition coefficient (Wildman–Crippen LogP) is 1.36. The highest BCUT2D eigenvalue weighted by Crippen LogP contribution is 2.27. The lowest BCUT2D eigenvalue weighted by Gasteiger charge is -2.13. The molecule has 118 valence electrons. The molecule has 9 heteroatoms. The molecule has 2 aromatic rings. The van der Waals surface area contributed by atoms with Crippen LogP contribution in [0.4, 0.5) is 10.1 Å². The van der Waals surface area contributed by atoms with Gasteiger partial charge in [-0.3, -0.25) is 4.72 Å². The third-order valence-electron chi connectivity index (χ3n) is 3.50. The minimum Gasteiger partial charge on any atom is -0.424 e. The molecule has 0 bridgehead atoms. The Morgan fingerprint density at radius 3 is 2.82 bits per heavy atom. The van der Waals surface area contributed by atoms with Crippen molar-refractivity contribution in [1.82, 2.24) is 15.5 Å². The second-order valence-electron chi connectivity index (χ2n) is 5.10. The zero-order valence-electron chi connectivity index (χ0n) is 11.8. The van der Waals surface area contributed by atoms with Crippen molar-refractivity contribution >= 4 is 15.7 Å². The van der Waals surface area contributed by atoms with E-state index in [0.717, 1.165) is 0 Å². The van der Waals surface area contributed by atoms with E-state index in [1.165, 1.54) is 18.2 Å². The molecule has 1 aromatic heterocycles. The van der Waals surface area contributed by atoms with Crippen molar-refractivity contribution in [3.05, 3.63) is 41.9 Å². The fraction of sp³-hybridized carbons (Fsp3) is 0.385. The molecular formula is C13H15FN4O3S. The van der Waals surface area contributed by atoms with E-state index in [9.17, 15) is 12.8 Å². The molecule has 1 aliphatic rings. The molecule has 0 aliphatic carbocycles. The van der Waals surface area contributed by atoms with Gasteiger partial charge < -0.3 is 9.73 Å². The third-order valence-corrected chi connectivity index (χ3v) is 5.24. The van der Waals surface area contributed by atoms with E-state index in [2.05, 4.69) is 20.2 Å². The lowest BCUT2D eigenvalue weighted by Crippen LogP contribution is -2.29. The minimum atomic E-state index is -3.71. The number of halogens is 1. The summed E-state index contributed by atoms with van der Waals surface area (Å²) in [6, 6.07) is 5.34. The van der Waals surface area contributed by atoms with Crippen molar-refractivity contribution in [1.29, 1.82) is 0 Å². The number of para-hydroxylation sites is 1. The second kappa shape index (κ2) is 5.65. The number of nitrogens with one attached hydrogen (secondary N) is 2. The number of nitrogens with zero attached hydrogens (tertiary/aromatic N) is 2. The van der Waals surface area contributed by atoms with Gasteiger partial charge in [-0.05, 0) is 18.6 Å². The van der Waals surface area contributed by atoms with Crippen LogP contribution in [-0.2, 0) is 10.0 Å². The number of benzene rings is 1. The van der Waals surface area contributed by atoms with Crippen LogP contribution in [0.2, 0.25) is 0 Å². The predicted molar refractivity (Wildman–Crippen MR) is 77.1 cm³/mol. The Morgan fingerprint density at radius 1 is 1.36 bits per heavy atom. The first kappa shape index (κ1) is 14.9. The minimum absolute atomic E-state index is 0.0559. The summed E-state index contributed by atoms with van der Waals surface area (Å²) in [6.45, 7) is 1.90. The lowest BCUT2D eigenvalue weighted by atomic mass is 10.2. The van der Waals surface area contributed by atoms with Crippen LogP contribution in [-0.4, -0.2) is 30.4 Å². The first-order valence-electron chi connectivity index (χ1n) is 6.75. The summed E-state index contributed by atoms with van der Waals surface area (Å²) in [4.78, 5) is 0. The smallest absolute Gasteiger partial charge is 0.237 e. The van der Waals surface area contributed by atoms with Gasteiger partial charge in [-0.2, -0.15) is 0 Å². The van der Waals surface area contributed by atoms with Crippen molar-refractivity contribution in [3.8, 4) is 0 Å². The summed E-state index contributed by atoms with van der Waals surface area (Å²) in [5.74, 6) is 0.176. The zero-order valence-corrected chi connectivity index (χ0v) is 12.6. The highest BCUT2D eigenvalue weighted by molar-refractivity contribution is 7.93. The van der Waals surface area contributed by atoms with Gasteiger partial charge in [0.1, 0.15) is 5.82 Å². The number of aromatic nitrogens is 2. The summed E-state index contributed by atoms with van der Waals surface area (Å²) >= 11 is 0. The van der Waals surface area contributed by atoms with E-state index >= 15 is 0 Å². The van der Waals surface area contributed by atoms with Crippen LogP contribution in [0.1, 0.15) is 24.2 Å². The van der Waals surface area contributed by atoms with Gasteiger partial charge in [0.25, 0.3) is 0 Å². The molecule has 1 aromatic carbocycles. The first-order chi connectivity index (χ1) is 10.5. The van der Waals surface area contributed by atoms with E-state index in [-0.39, 0.29) is 24.7 Å². The molecule has 1 aliphatic heterocycles. The largest absolute Gasteiger partial charge is 0.424 e. The molecule has 2 N–H and O–H groups in total. The van der Waals surface area contributed by atoms with E-state index in [1.54, 1.807) is 13.0 Å².